The molecule has 264 valence electrons. The average Bonchev–Trinajstić information content (AvgIpc) is 3.69. The van der Waals surface area contributed by atoms with Crippen molar-refractivity contribution in [1.29, 1.82) is 0 Å². The summed E-state index contributed by atoms with van der Waals surface area (Å²) in [5.41, 5.74) is 4.99. The molecule has 0 bridgehead atoms. The highest BCUT2D eigenvalue weighted by Gasteiger charge is 2.31. The Balaban J connectivity index is 1.45. The van der Waals surface area contributed by atoms with Gasteiger partial charge in [-0.3, -0.25) is 9.36 Å². The van der Waals surface area contributed by atoms with Crippen LogP contribution in [0.15, 0.2) is 82.8 Å². The number of imidazole rings is 1. The van der Waals surface area contributed by atoms with E-state index in [2.05, 4.69) is 15.5 Å². The van der Waals surface area contributed by atoms with Gasteiger partial charge in [-0.25, -0.2) is 22.8 Å². The molecule has 0 fully saturated rings. The van der Waals surface area contributed by atoms with Crippen molar-refractivity contribution in [2.45, 2.75) is 36.5 Å². The first-order valence-corrected chi connectivity index (χ1v) is 20.2. The van der Waals surface area contributed by atoms with Gasteiger partial charge >= 0.3 is 6.03 Å². The van der Waals surface area contributed by atoms with E-state index in [1.165, 1.54) is 10.6 Å². The molecule has 0 saturated heterocycles. The number of carbonyl (C=O) groups is 2. The second kappa shape index (κ2) is 15.5. The molecule has 0 spiro atoms. The Morgan fingerprint density at radius 2 is 1.62 bits per heavy atom. The minimum Gasteiger partial charge on any atom is -0.744 e. The number of fused-ring (bicyclic) bond motifs is 1. The molecule has 5 rings (SSSR count). The summed E-state index contributed by atoms with van der Waals surface area (Å²) in [5.74, 6) is -0.259. The number of nitrogens with zero attached hydrogens (tertiary/aromatic N) is 4. The number of nitrogens with one attached hydrogen (secondary N) is 2. The van der Waals surface area contributed by atoms with E-state index in [0.29, 0.717) is 52.2 Å². The molecule has 1 unspecified atom stereocenters. The van der Waals surface area contributed by atoms with Crippen molar-refractivity contribution in [3.05, 3.63) is 89.7 Å². The summed E-state index contributed by atoms with van der Waals surface area (Å²) in [4.78, 5) is 34.6. The smallest absolute Gasteiger partial charge is 0.333 e. The molecule has 5 aromatic rings. The Morgan fingerprint density at radius 1 is 0.940 bits per heavy atom. The highest BCUT2D eigenvalue weighted by Crippen LogP contribution is 2.34. The maximum atomic E-state index is 13.9. The number of aryl methyl sites for hydroxylation is 2. The minimum absolute atomic E-state index is 0.207. The van der Waals surface area contributed by atoms with Crippen LogP contribution >= 0.6 is 23.2 Å². The molecule has 15 heteroatoms. The van der Waals surface area contributed by atoms with E-state index >= 15 is 0 Å². The van der Waals surface area contributed by atoms with E-state index in [1.54, 1.807) is 48.1 Å². The van der Waals surface area contributed by atoms with Crippen LogP contribution in [0.2, 0.25) is 0 Å². The summed E-state index contributed by atoms with van der Waals surface area (Å²) in [7, 11) is -5.28. The molecule has 2 heterocycles. The van der Waals surface area contributed by atoms with E-state index in [9.17, 15) is 22.6 Å². The Kier molecular flexibility index (Phi) is 11.5. The number of para-hydroxylation sites is 1. The Bertz CT molecular complexity index is 2140. The minimum atomic E-state index is -4.84. The fourth-order valence-electron chi connectivity index (χ4n) is 5.95. The van der Waals surface area contributed by atoms with Crippen LogP contribution in [-0.2, 0) is 25.8 Å². The molecule has 50 heavy (non-hydrogen) atoms. The molecular formula is C35H38Cl2N6O5S2. The highest BCUT2D eigenvalue weighted by atomic mass is 35.5. The highest BCUT2D eigenvalue weighted by molar-refractivity contribution is 7.95. The van der Waals surface area contributed by atoms with E-state index in [-0.39, 0.29) is 11.5 Å². The molecule has 2 amide bonds. The van der Waals surface area contributed by atoms with Crippen LogP contribution in [0.1, 0.15) is 29.5 Å². The average molecular weight is 758 g/mol. The summed E-state index contributed by atoms with van der Waals surface area (Å²) in [6.45, 7) is 6.59. The SMILES string of the molecule is Cc1ccc(S(=O)(=O)[O-])c(C(C)C(=O)Nc2ccn(-c3nc4c(C)cccc4n3C(=O)Nc3ccc(N(CCCl)CCCl)cc3)c2)c1[S+](C)C. The molecule has 2 N–H and O–H groups in total. The molecule has 0 aliphatic carbocycles. The lowest BCUT2D eigenvalue weighted by Gasteiger charge is -2.23. The van der Waals surface area contributed by atoms with Crippen LogP contribution < -0.4 is 15.5 Å². The Labute approximate surface area is 304 Å². The molecule has 2 aromatic heterocycles. The zero-order valence-electron chi connectivity index (χ0n) is 28.2. The van der Waals surface area contributed by atoms with Crippen molar-refractivity contribution < 1.29 is 22.6 Å². The van der Waals surface area contributed by atoms with Gasteiger partial charge in [0, 0.05) is 70.6 Å². The first-order chi connectivity index (χ1) is 23.7. The van der Waals surface area contributed by atoms with Crippen molar-refractivity contribution in [2.75, 3.05) is 52.9 Å². The van der Waals surface area contributed by atoms with E-state index < -0.39 is 43.8 Å². The van der Waals surface area contributed by atoms with Gasteiger partial charge in [-0.15, -0.1) is 23.2 Å². The molecule has 1 atom stereocenters. The lowest BCUT2D eigenvalue weighted by atomic mass is 9.98. The van der Waals surface area contributed by atoms with Crippen molar-refractivity contribution in [1.82, 2.24) is 14.1 Å². The van der Waals surface area contributed by atoms with Crippen LogP contribution in [0.4, 0.5) is 21.9 Å². The van der Waals surface area contributed by atoms with Gasteiger partial charge in [0.15, 0.2) is 4.90 Å². The zero-order valence-corrected chi connectivity index (χ0v) is 31.4. The number of alkyl halides is 2. The van der Waals surface area contributed by atoms with Crippen molar-refractivity contribution in [3.8, 4) is 5.95 Å². The maximum absolute atomic E-state index is 13.9. The van der Waals surface area contributed by atoms with Gasteiger partial charge in [0.1, 0.15) is 22.6 Å². The van der Waals surface area contributed by atoms with Crippen LogP contribution in [0.5, 0.6) is 0 Å². The quantitative estimate of drug-likeness (QED) is 0.0821. The second-order valence-electron chi connectivity index (χ2n) is 11.9. The predicted molar refractivity (Wildman–Crippen MR) is 202 cm³/mol. The Morgan fingerprint density at radius 3 is 2.24 bits per heavy atom. The lowest BCUT2D eigenvalue weighted by Crippen LogP contribution is -2.27. The number of benzene rings is 3. The number of amides is 2. The fourth-order valence-corrected chi connectivity index (χ4v) is 8.64. The molecule has 11 nitrogen and oxygen atoms in total. The number of hydrogen-bond donors (Lipinski definition) is 2. The molecule has 0 radical (unpaired) electrons. The number of halogens is 2. The lowest BCUT2D eigenvalue weighted by molar-refractivity contribution is -0.117. The standard InChI is InChI=1S/C35H38Cl2N6O5S2/c1-22-7-6-8-28-31(22)40-34(43(28)35(45)39-25-10-12-27(13-11-25)41(19-16-36)20-17-37)42-18-15-26(21-42)38-33(44)24(3)30-29(50(46,47)48)14-9-23(2)32(30)49(4)5/h6-15,18,21,24H,16-17,19-20H2,1-5H3,(H2-,38,39,44,45,46,47,48). The van der Waals surface area contributed by atoms with Crippen LogP contribution in [0.25, 0.3) is 17.0 Å². The third-order valence-electron chi connectivity index (χ3n) is 8.31. The predicted octanol–water partition coefficient (Wildman–Crippen LogP) is 6.69. The normalized spacial score (nSPS) is 12.3. The zero-order chi connectivity index (χ0) is 36.3. The maximum Gasteiger partial charge on any atom is 0.333 e. The van der Waals surface area contributed by atoms with E-state index in [0.717, 1.165) is 16.8 Å². The van der Waals surface area contributed by atoms with Crippen molar-refractivity contribution in [3.63, 3.8) is 0 Å². The number of carbonyl (C=O) groups excluding carboxylic acids is 2. The number of hydrogen-bond acceptors (Lipinski definition) is 7. The topological polar surface area (TPSA) is 141 Å². The number of anilines is 3. The van der Waals surface area contributed by atoms with Gasteiger partial charge in [0.2, 0.25) is 11.9 Å². The summed E-state index contributed by atoms with van der Waals surface area (Å²) < 4.78 is 39.8. The van der Waals surface area contributed by atoms with Crippen LogP contribution in [0.3, 0.4) is 0 Å². The van der Waals surface area contributed by atoms with Crippen LogP contribution in [-0.4, -0.2) is 76.4 Å². The number of aromatic nitrogens is 3. The molecule has 0 aliphatic heterocycles. The monoisotopic (exact) mass is 756 g/mol. The van der Waals surface area contributed by atoms with Gasteiger partial charge in [-0.05, 0) is 68.8 Å². The first-order valence-electron chi connectivity index (χ1n) is 15.7. The van der Waals surface area contributed by atoms with Gasteiger partial charge in [-0.2, -0.15) is 0 Å². The third-order valence-corrected chi connectivity index (χ3v) is 10.9. The van der Waals surface area contributed by atoms with E-state index in [1.807, 2.05) is 56.7 Å². The molecule has 0 aliphatic rings. The largest absolute Gasteiger partial charge is 0.744 e. The molecule has 0 saturated carbocycles. The summed E-state index contributed by atoms with van der Waals surface area (Å²) in [5, 5.41) is 5.81. The molecular weight excluding hydrogens is 719 g/mol. The third kappa shape index (κ3) is 7.82. The van der Waals surface area contributed by atoms with Gasteiger partial charge in [0.25, 0.3) is 0 Å². The Hall–Kier alpha value is -4.01. The van der Waals surface area contributed by atoms with E-state index in [4.69, 9.17) is 28.2 Å². The summed E-state index contributed by atoms with van der Waals surface area (Å²) in [6.07, 6.45) is 7.11. The van der Waals surface area contributed by atoms with Gasteiger partial charge in [-0.1, -0.05) is 18.2 Å². The second-order valence-corrected chi connectivity index (χ2v) is 16.1. The first kappa shape index (κ1) is 37.3. The van der Waals surface area contributed by atoms with Crippen molar-refractivity contribution >= 4 is 84.2 Å². The summed E-state index contributed by atoms with van der Waals surface area (Å²) in [6, 6.07) is 17.0. The van der Waals surface area contributed by atoms with Crippen molar-refractivity contribution in [2.24, 2.45) is 0 Å². The van der Waals surface area contributed by atoms with Crippen LogP contribution in [0, 0.1) is 13.8 Å². The van der Waals surface area contributed by atoms with Gasteiger partial charge in [0.05, 0.1) is 27.5 Å². The number of rotatable bonds is 12. The fraction of sp³-hybridized carbons (Fsp3) is 0.286. The van der Waals surface area contributed by atoms with Gasteiger partial charge < -0.3 is 20.1 Å². The molecule has 3 aromatic carbocycles. The summed E-state index contributed by atoms with van der Waals surface area (Å²) >= 11 is 11.9.